The number of carbonyl (C=O) groups excluding carboxylic acids is 1. The number of benzene rings is 1. The number of hydrogen-bond donors (Lipinski definition) is 2. The largest absolute Gasteiger partial charge is 0.317 e. The predicted octanol–water partition coefficient (Wildman–Crippen LogP) is 3.84. The van der Waals surface area contributed by atoms with E-state index in [1.807, 2.05) is 17.8 Å². The van der Waals surface area contributed by atoms with Crippen LogP contribution in [0.1, 0.15) is 61.3 Å². The Hall–Kier alpha value is -2.14. The van der Waals surface area contributed by atoms with Crippen molar-refractivity contribution < 1.29 is 4.79 Å². The third-order valence-electron chi connectivity index (χ3n) is 6.11. The molecule has 5 nitrogen and oxygen atoms in total. The smallest absolute Gasteiger partial charge is 0.225 e. The fraction of sp³-hybridized carbons (Fsp3) is 0.545. The molecule has 1 aliphatic heterocycles. The van der Waals surface area contributed by atoms with Crippen LogP contribution in [-0.4, -0.2) is 28.8 Å². The molecule has 1 amide bonds. The molecule has 0 bridgehead atoms. The van der Waals surface area contributed by atoms with Crippen molar-refractivity contribution in [2.24, 2.45) is 5.92 Å². The summed E-state index contributed by atoms with van der Waals surface area (Å²) in [7, 11) is 0. The number of amides is 1. The molecule has 27 heavy (non-hydrogen) atoms. The van der Waals surface area contributed by atoms with Crippen LogP contribution in [0.4, 0.5) is 5.82 Å². The minimum atomic E-state index is 0.113. The van der Waals surface area contributed by atoms with Gasteiger partial charge in [0, 0.05) is 12.0 Å². The van der Waals surface area contributed by atoms with Gasteiger partial charge in [-0.2, -0.15) is 5.10 Å². The molecule has 1 fully saturated rings. The highest BCUT2D eigenvalue weighted by atomic mass is 16.1. The molecule has 4 rings (SSSR count). The topological polar surface area (TPSA) is 59.0 Å². The Labute approximate surface area is 161 Å². The Balaban J connectivity index is 1.47. The highest BCUT2D eigenvalue weighted by Crippen LogP contribution is 2.35. The van der Waals surface area contributed by atoms with Crippen LogP contribution in [0.3, 0.4) is 0 Å². The second-order valence-electron chi connectivity index (χ2n) is 8.01. The Morgan fingerprint density at radius 1 is 1.26 bits per heavy atom. The molecule has 1 atom stereocenters. The minimum absolute atomic E-state index is 0.113. The average molecular weight is 367 g/mol. The van der Waals surface area contributed by atoms with E-state index < -0.39 is 0 Å². The maximum absolute atomic E-state index is 12.6. The van der Waals surface area contributed by atoms with E-state index in [-0.39, 0.29) is 11.9 Å². The summed E-state index contributed by atoms with van der Waals surface area (Å²) in [4.78, 5) is 12.6. The molecule has 144 valence electrons. The van der Waals surface area contributed by atoms with Gasteiger partial charge >= 0.3 is 0 Å². The lowest BCUT2D eigenvalue weighted by molar-refractivity contribution is -0.116. The fourth-order valence-electron chi connectivity index (χ4n) is 4.52. The summed E-state index contributed by atoms with van der Waals surface area (Å²) in [5.41, 5.74) is 3.79. The lowest BCUT2D eigenvalue weighted by Gasteiger charge is -2.27. The maximum Gasteiger partial charge on any atom is 0.225 e. The van der Waals surface area contributed by atoms with Crippen molar-refractivity contribution >= 4 is 11.7 Å². The Kier molecular flexibility index (Phi) is 5.58. The van der Waals surface area contributed by atoms with Crippen LogP contribution in [0.5, 0.6) is 0 Å². The zero-order valence-electron chi connectivity index (χ0n) is 16.2. The van der Waals surface area contributed by atoms with Gasteiger partial charge in [-0.1, -0.05) is 24.3 Å². The Morgan fingerprint density at radius 3 is 2.93 bits per heavy atom. The summed E-state index contributed by atoms with van der Waals surface area (Å²) in [6, 6.07) is 8.85. The standard InChI is InChI=1S/C22H30N4O/c1-16-15-24-26(20-8-4-6-18-5-2-3-7-19(18)20)22(16)25-21(27)10-9-17-11-13-23-14-12-17/h2-3,5,7,15,17,20,23H,4,6,8-14H2,1H3,(H,25,27). The van der Waals surface area contributed by atoms with E-state index in [4.69, 9.17) is 0 Å². The normalized spacial score (nSPS) is 20.3. The van der Waals surface area contributed by atoms with Crippen LogP contribution >= 0.6 is 0 Å². The SMILES string of the molecule is Cc1cnn(C2CCCc3ccccc32)c1NC(=O)CCC1CCNCC1. The molecule has 2 N–H and O–H groups in total. The van der Waals surface area contributed by atoms with Gasteiger partial charge in [0.2, 0.25) is 5.91 Å². The van der Waals surface area contributed by atoms with Crippen molar-refractivity contribution in [1.29, 1.82) is 0 Å². The molecule has 1 saturated heterocycles. The van der Waals surface area contributed by atoms with Crippen molar-refractivity contribution in [1.82, 2.24) is 15.1 Å². The molecule has 2 aromatic rings. The van der Waals surface area contributed by atoms with E-state index in [9.17, 15) is 4.79 Å². The van der Waals surface area contributed by atoms with E-state index in [0.717, 1.165) is 50.2 Å². The lowest BCUT2D eigenvalue weighted by Crippen LogP contribution is -2.28. The van der Waals surface area contributed by atoms with Crippen LogP contribution < -0.4 is 10.6 Å². The van der Waals surface area contributed by atoms with Crippen molar-refractivity contribution in [2.75, 3.05) is 18.4 Å². The van der Waals surface area contributed by atoms with Gasteiger partial charge in [0.05, 0.1) is 12.2 Å². The van der Waals surface area contributed by atoms with Gasteiger partial charge in [0.1, 0.15) is 5.82 Å². The number of piperidine rings is 1. The Bertz CT molecular complexity index is 791. The number of nitrogens with zero attached hydrogens (tertiary/aromatic N) is 2. The van der Waals surface area contributed by atoms with Crippen molar-refractivity contribution in [3.05, 3.63) is 47.2 Å². The molecule has 5 heteroatoms. The number of fused-ring (bicyclic) bond motifs is 1. The molecular formula is C22H30N4O. The summed E-state index contributed by atoms with van der Waals surface area (Å²) in [6.45, 7) is 4.19. The van der Waals surface area contributed by atoms with Gasteiger partial charge in [-0.25, -0.2) is 4.68 Å². The summed E-state index contributed by atoms with van der Waals surface area (Å²) in [6.07, 6.45) is 9.17. The lowest BCUT2D eigenvalue weighted by atomic mass is 9.88. The highest BCUT2D eigenvalue weighted by Gasteiger charge is 2.25. The first-order valence-electron chi connectivity index (χ1n) is 10.3. The quantitative estimate of drug-likeness (QED) is 0.845. The number of aromatic nitrogens is 2. The zero-order chi connectivity index (χ0) is 18.6. The van der Waals surface area contributed by atoms with E-state index in [0.29, 0.717) is 12.3 Å². The number of carbonyl (C=O) groups is 1. The van der Waals surface area contributed by atoms with Crippen LogP contribution in [-0.2, 0) is 11.2 Å². The second-order valence-corrected chi connectivity index (χ2v) is 8.01. The monoisotopic (exact) mass is 366 g/mol. The first-order chi connectivity index (χ1) is 13.2. The third-order valence-corrected chi connectivity index (χ3v) is 6.11. The number of rotatable bonds is 5. The van der Waals surface area contributed by atoms with Crippen molar-refractivity contribution in [2.45, 2.75) is 57.9 Å². The van der Waals surface area contributed by atoms with Crippen molar-refractivity contribution in [3.63, 3.8) is 0 Å². The molecule has 1 unspecified atom stereocenters. The van der Waals surface area contributed by atoms with Gasteiger partial charge in [-0.3, -0.25) is 4.79 Å². The molecule has 2 aliphatic rings. The average Bonchev–Trinajstić information content (AvgIpc) is 3.07. The summed E-state index contributed by atoms with van der Waals surface area (Å²) < 4.78 is 2.04. The number of nitrogens with one attached hydrogen (secondary N) is 2. The van der Waals surface area contributed by atoms with Gasteiger partial charge in [-0.15, -0.1) is 0 Å². The van der Waals surface area contributed by atoms with E-state index in [2.05, 4.69) is 40.0 Å². The van der Waals surface area contributed by atoms with E-state index in [1.54, 1.807) is 0 Å². The summed E-state index contributed by atoms with van der Waals surface area (Å²) >= 11 is 0. The molecular weight excluding hydrogens is 336 g/mol. The second kappa shape index (κ2) is 8.26. The molecule has 1 aromatic carbocycles. The summed E-state index contributed by atoms with van der Waals surface area (Å²) in [5.74, 6) is 1.66. The maximum atomic E-state index is 12.6. The van der Waals surface area contributed by atoms with Crippen LogP contribution in [0.2, 0.25) is 0 Å². The molecule has 2 heterocycles. The first-order valence-corrected chi connectivity index (χ1v) is 10.3. The van der Waals surface area contributed by atoms with E-state index in [1.165, 1.54) is 24.0 Å². The van der Waals surface area contributed by atoms with E-state index >= 15 is 0 Å². The predicted molar refractivity (Wildman–Crippen MR) is 108 cm³/mol. The molecule has 0 radical (unpaired) electrons. The Morgan fingerprint density at radius 2 is 2.07 bits per heavy atom. The van der Waals surface area contributed by atoms with Gasteiger partial charge < -0.3 is 10.6 Å². The molecule has 0 spiro atoms. The molecule has 0 saturated carbocycles. The first kappa shape index (κ1) is 18.2. The number of anilines is 1. The van der Waals surface area contributed by atoms with Gasteiger partial charge in [0.25, 0.3) is 0 Å². The van der Waals surface area contributed by atoms with Gasteiger partial charge in [0.15, 0.2) is 0 Å². The van der Waals surface area contributed by atoms with Crippen LogP contribution in [0, 0.1) is 12.8 Å². The van der Waals surface area contributed by atoms with Crippen LogP contribution in [0.25, 0.3) is 0 Å². The minimum Gasteiger partial charge on any atom is -0.317 e. The van der Waals surface area contributed by atoms with Crippen molar-refractivity contribution in [3.8, 4) is 0 Å². The number of hydrogen-bond acceptors (Lipinski definition) is 3. The molecule has 1 aromatic heterocycles. The fourth-order valence-corrected chi connectivity index (χ4v) is 4.52. The third kappa shape index (κ3) is 4.08. The summed E-state index contributed by atoms with van der Waals surface area (Å²) in [5, 5.41) is 11.2. The van der Waals surface area contributed by atoms with Crippen LogP contribution in [0.15, 0.2) is 30.5 Å². The highest BCUT2D eigenvalue weighted by molar-refractivity contribution is 5.90. The molecule has 1 aliphatic carbocycles. The zero-order valence-corrected chi connectivity index (χ0v) is 16.2. The van der Waals surface area contributed by atoms with Gasteiger partial charge in [-0.05, 0) is 75.6 Å². The number of aryl methyl sites for hydroxylation is 2.